The van der Waals surface area contributed by atoms with Gasteiger partial charge in [0.2, 0.25) is 5.91 Å². The molecule has 0 fully saturated rings. The lowest BCUT2D eigenvalue weighted by atomic mass is 9.92. The molecule has 3 rings (SSSR count). The van der Waals surface area contributed by atoms with Crippen molar-refractivity contribution in [3.05, 3.63) is 63.3 Å². The minimum Gasteiger partial charge on any atom is -0.353 e. The highest BCUT2D eigenvalue weighted by Crippen LogP contribution is 2.17. The third-order valence-corrected chi connectivity index (χ3v) is 3.79. The topological polar surface area (TPSA) is 74.8 Å². The molecule has 2 N–H and O–H groups in total. The molecule has 1 aliphatic carbocycles. The number of hydrogen-bond acceptors (Lipinski definition) is 3. The van der Waals surface area contributed by atoms with Crippen molar-refractivity contribution in [3.8, 4) is 0 Å². The van der Waals surface area contributed by atoms with E-state index in [4.69, 9.17) is 0 Å². The molecule has 6 heteroatoms. The predicted octanol–water partition coefficient (Wildman–Crippen LogP) is 1.13. The van der Waals surface area contributed by atoms with Crippen molar-refractivity contribution < 1.29 is 9.18 Å². The molecule has 0 bridgehead atoms. The molecule has 1 aromatic carbocycles. The molecule has 22 heavy (non-hydrogen) atoms. The van der Waals surface area contributed by atoms with Crippen LogP contribution < -0.4 is 10.9 Å². The monoisotopic (exact) mass is 301 g/mol. The van der Waals surface area contributed by atoms with Gasteiger partial charge in [0.15, 0.2) is 0 Å². The van der Waals surface area contributed by atoms with E-state index in [0.717, 1.165) is 24.1 Å². The molecule has 0 aliphatic heterocycles. The smallest absolute Gasteiger partial charge is 0.264 e. The van der Waals surface area contributed by atoms with Crippen molar-refractivity contribution in [3.63, 3.8) is 0 Å². The molecule has 0 radical (unpaired) electrons. The summed E-state index contributed by atoms with van der Waals surface area (Å²) in [6.45, 7) is 0. The van der Waals surface area contributed by atoms with E-state index < -0.39 is 0 Å². The summed E-state index contributed by atoms with van der Waals surface area (Å²) in [5.74, 6) is -0.487. The lowest BCUT2D eigenvalue weighted by Crippen LogP contribution is -2.40. The Hall–Kier alpha value is -2.50. The van der Waals surface area contributed by atoms with E-state index in [0.29, 0.717) is 12.0 Å². The van der Waals surface area contributed by atoms with Gasteiger partial charge in [-0.05, 0) is 42.5 Å². The number of rotatable bonds is 3. The summed E-state index contributed by atoms with van der Waals surface area (Å²) in [4.78, 5) is 23.4. The fourth-order valence-electron chi connectivity index (χ4n) is 2.77. The lowest BCUT2D eigenvalue weighted by molar-refractivity contribution is -0.121. The van der Waals surface area contributed by atoms with E-state index in [9.17, 15) is 14.0 Å². The van der Waals surface area contributed by atoms with Gasteiger partial charge in [-0.2, -0.15) is 5.10 Å². The van der Waals surface area contributed by atoms with E-state index in [1.807, 2.05) is 0 Å². The predicted molar refractivity (Wildman–Crippen MR) is 78.9 cm³/mol. The van der Waals surface area contributed by atoms with Gasteiger partial charge in [-0.15, -0.1) is 0 Å². The Morgan fingerprint density at radius 3 is 3.09 bits per heavy atom. The maximum atomic E-state index is 13.1. The number of hydrogen-bond donors (Lipinski definition) is 2. The molecule has 1 aromatic heterocycles. The van der Waals surface area contributed by atoms with Crippen LogP contribution in [0.4, 0.5) is 4.39 Å². The normalized spacial score (nSPS) is 16.9. The molecule has 114 valence electrons. The van der Waals surface area contributed by atoms with Gasteiger partial charge >= 0.3 is 0 Å². The number of aromatic amines is 1. The first-order chi connectivity index (χ1) is 10.6. The first-order valence-electron chi connectivity index (χ1n) is 7.21. The minimum atomic E-state index is -0.345. The first-order valence-corrected chi connectivity index (χ1v) is 7.21. The van der Waals surface area contributed by atoms with Gasteiger partial charge in [-0.1, -0.05) is 12.1 Å². The number of nitrogens with zero attached hydrogens (tertiary/aromatic N) is 1. The second-order valence-corrected chi connectivity index (χ2v) is 5.52. The number of amides is 1. The van der Waals surface area contributed by atoms with Crippen molar-refractivity contribution in [2.45, 2.75) is 31.7 Å². The van der Waals surface area contributed by atoms with Crippen molar-refractivity contribution in [1.82, 2.24) is 15.5 Å². The number of aromatic nitrogens is 2. The Bertz CT molecular complexity index is 757. The fourth-order valence-corrected chi connectivity index (χ4v) is 2.77. The molecule has 0 saturated carbocycles. The maximum absolute atomic E-state index is 13.1. The zero-order chi connectivity index (χ0) is 15.5. The second-order valence-electron chi connectivity index (χ2n) is 5.52. The Labute approximate surface area is 126 Å². The van der Waals surface area contributed by atoms with Crippen LogP contribution in [0.25, 0.3) is 0 Å². The van der Waals surface area contributed by atoms with Gasteiger partial charge < -0.3 is 5.32 Å². The van der Waals surface area contributed by atoms with Gasteiger partial charge in [0.25, 0.3) is 5.56 Å². The second kappa shape index (κ2) is 6.09. The highest BCUT2D eigenvalue weighted by molar-refractivity contribution is 5.78. The van der Waals surface area contributed by atoms with Gasteiger partial charge in [0, 0.05) is 12.1 Å². The average Bonchev–Trinajstić information content (AvgIpc) is 2.46. The van der Waals surface area contributed by atoms with Crippen LogP contribution in [-0.2, 0) is 24.1 Å². The van der Waals surface area contributed by atoms with Crippen LogP contribution in [0.15, 0.2) is 35.1 Å². The van der Waals surface area contributed by atoms with Crippen LogP contribution in [0.5, 0.6) is 0 Å². The number of halogens is 1. The van der Waals surface area contributed by atoms with Crippen molar-refractivity contribution in [1.29, 1.82) is 0 Å². The van der Waals surface area contributed by atoms with Crippen LogP contribution in [-0.4, -0.2) is 22.1 Å². The Balaban J connectivity index is 1.62. The highest BCUT2D eigenvalue weighted by atomic mass is 19.1. The number of carbonyl (C=O) groups is 1. The Kier molecular flexibility index (Phi) is 4.00. The van der Waals surface area contributed by atoms with E-state index in [1.165, 1.54) is 18.2 Å². The number of carbonyl (C=O) groups excluding carboxylic acids is 1. The van der Waals surface area contributed by atoms with Crippen molar-refractivity contribution in [2.24, 2.45) is 0 Å². The number of H-pyrrole nitrogens is 1. The van der Waals surface area contributed by atoms with E-state index in [1.54, 1.807) is 12.1 Å². The summed E-state index contributed by atoms with van der Waals surface area (Å²) < 4.78 is 13.1. The van der Waals surface area contributed by atoms with E-state index in [-0.39, 0.29) is 29.7 Å². The van der Waals surface area contributed by atoms with E-state index >= 15 is 0 Å². The molecule has 1 amide bonds. The van der Waals surface area contributed by atoms with E-state index in [2.05, 4.69) is 15.5 Å². The van der Waals surface area contributed by atoms with Crippen LogP contribution in [0, 0.1) is 5.82 Å². The highest BCUT2D eigenvalue weighted by Gasteiger charge is 2.21. The number of nitrogens with one attached hydrogen (secondary N) is 2. The van der Waals surface area contributed by atoms with Crippen LogP contribution in [0.1, 0.15) is 23.2 Å². The molecule has 1 atom stereocenters. The third-order valence-electron chi connectivity index (χ3n) is 3.79. The first kappa shape index (κ1) is 14.4. The van der Waals surface area contributed by atoms with Crippen molar-refractivity contribution in [2.75, 3.05) is 0 Å². The molecule has 1 heterocycles. The van der Waals surface area contributed by atoms with Gasteiger partial charge in [0.1, 0.15) is 5.82 Å². The average molecular weight is 301 g/mol. The molecule has 0 saturated heterocycles. The third kappa shape index (κ3) is 3.39. The molecule has 1 aliphatic rings. The van der Waals surface area contributed by atoms with Crippen LogP contribution in [0.2, 0.25) is 0 Å². The van der Waals surface area contributed by atoms with Crippen LogP contribution >= 0.6 is 0 Å². The number of fused-ring (bicyclic) bond motifs is 1. The lowest BCUT2D eigenvalue weighted by Gasteiger charge is -2.24. The molecule has 5 nitrogen and oxygen atoms in total. The molecular weight excluding hydrogens is 285 g/mol. The van der Waals surface area contributed by atoms with Gasteiger partial charge in [-0.25, -0.2) is 9.49 Å². The summed E-state index contributed by atoms with van der Waals surface area (Å²) in [7, 11) is 0. The van der Waals surface area contributed by atoms with Crippen LogP contribution in [0.3, 0.4) is 0 Å². The van der Waals surface area contributed by atoms with Gasteiger partial charge in [-0.3, -0.25) is 9.59 Å². The SMILES string of the molecule is O=C(Cc1cccc(F)c1)N[C@H]1CCc2n[nH]c(=O)cc2C1. The quantitative estimate of drug-likeness (QED) is 0.892. The fraction of sp³-hybridized carbons (Fsp3) is 0.312. The zero-order valence-corrected chi connectivity index (χ0v) is 11.9. The molecule has 0 spiro atoms. The Morgan fingerprint density at radius 1 is 1.41 bits per heavy atom. The molecule has 0 unspecified atom stereocenters. The molecular formula is C16H16FN3O2. The summed E-state index contributed by atoms with van der Waals surface area (Å²) in [5.41, 5.74) is 2.18. The molecule has 2 aromatic rings. The summed E-state index contributed by atoms with van der Waals surface area (Å²) in [6.07, 6.45) is 2.24. The number of aryl methyl sites for hydroxylation is 1. The van der Waals surface area contributed by atoms with Gasteiger partial charge in [0.05, 0.1) is 12.1 Å². The largest absolute Gasteiger partial charge is 0.353 e. The minimum absolute atomic E-state index is 0.0165. The Morgan fingerprint density at radius 2 is 2.27 bits per heavy atom. The maximum Gasteiger partial charge on any atom is 0.264 e. The zero-order valence-electron chi connectivity index (χ0n) is 11.9. The summed E-state index contributed by atoms with van der Waals surface area (Å²) in [6, 6.07) is 7.54. The van der Waals surface area contributed by atoms with Crippen molar-refractivity contribution >= 4 is 5.91 Å². The summed E-state index contributed by atoms with van der Waals surface area (Å²) >= 11 is 0. The summed E-state index contributed by atoms with van der Waals surface area (Å²) in [5, 5.41) is 9.39. The standard InChI is InChI=1S/C16H16FN3O2/c17-12-3-1-2-10(6-12)7-15(21)18-13-4-5-14-11(8-13)9-16(22)20-19-14/h1-3,6,9,13H,4-5,7-8H2,(H,18,21)(H,20,22)/t13-/m0/s1. The number of benzene rings is 1.